The zero-order valence-corrected chi connectivity index (χ0v) is 11.6. The van der Waals surface area contributed by atoms with E-state index >= 15 is 0 Å². The zero-order valence-electron chi connectivity index (χ0n) is 11.6. The van der Waals surface area contributed by atoms with Crippen LogP contribution >= 0.6 is 0 Å². The minimum Gasteiger partial charge on any atom is -0.396 e. The molecule has 0 heterocycles. The topological polar surface area (TPSA) is 61.4 Å². The van der Waals surface area contributed by atoms with Crippen LogP contribution in [-0.4, -0.2) is 35.7 Å². The molecule has 0 aromatic heterocycles. The van der Waals surface area contributed by atoms with Crippen molar-refractivity contribution >= 4 is 5.91 Å². The van der Waals surface area contributed by atoms with Gasteiger partial charge in [-0.1, -0.05) is 20.3 Å². The van der Waals surface area contributed by atoms with Gasteiger partial charge in [0.15, 0.2) is 0 Å². The summed E-state index contributed by atoms with van der Waals surface area (Å²) in [5, 5.41) is 15.1. The van der Waals surface area contributed by atoms with Gasteiger partial charge in [-0.3, -0.25) is 4.79 Å². The molecule has 3 N–H and O–H groups in total. The summed E-state index contributed by atoms with van der Waals surface area (Å²) in [4.78, 5) is 11.8. The number of nitrogens with one attached hydrogen (secondary N) is 2. The van der Waals surface area contributed by atoms with Crippen molar-refractivity contribution in [2.24, 2.45) is 0 Å². The van der Waals surface area contributed by atoms with Crippen molar-refractivity contribution in [3.63, 3.8) is 0 Å². The van der Waals surface area contributed by atoms with Crippen LogP contribution in [0.2, 0.25) is 0 Å². The molecule has 1 amide bonds. The van der Waals surface area contributed by atoms with Gasteiger partial charge in [0.2, 0.25) is 5.91 Å². The number of hydrogen-bond acceptors (Lipinski definition) is 3. The van der Waals surface area contributed by atoms with E-state index < -0.39 is 0 Å². The SMILES string of the molecule is CCCC(C)NC(=O)C(C)NC(CC)CCO. The summed E-state index contributed by atoms with van der Waals surface area (Å²) < 4.78 is 0. The molecule has 0 fully saturated rings. The quantitative estimate of drug-likeness (QED) is 0.575. The van der Waals surface area contributed by atoms with Gasteiger partial charge < -0.3 is 15.7 Å². The van der Waals surface area contributed by atoms with Gasteiger partial charge in [-0.25, -0.2) is 0 Å². The molecule has 0 bridgehead atoms. The van der Waals surface area contributed by atoms with E-state index in [-0.39, 0.29) is 30.6 Å². The van der Waals surface area contributed by atoms with Crippen molar-refractivity contribution in [3.05, 3.63) is 0 Å². The van der Waals surface area contributed by atoms with Crippen molar-refractivity contribution in [2.45, 2.75) is 71.5 Å². The zero-order chi connectivity index (χ0) is 13.3. The van der Waals surface area contributed by atoms with E-state index in [4.69, 9.17) is 5.11 Å². The Morgan fingerprint density at radius 3 is 2.35 bits per heavy atom. The summed E-state index contributed by atoms with van der Waals surface area (Å²) in [6, 6.07) is 0.239. The molecular formula is C13H28N2O2. The van der Waals surface area contributed by atoms with E-state index in [1.54, 1.807) is 0 Å². The van der Waals surface area contributed by atoms with Crippen LogP contribution in [0.1, 0.15) is 53.4 Å². The van der Waals surface area contributed by atoms with Crippen LogP contribution in [0.5, 0.6) is 0 Å². The van der Waals surface area contributed by atoms with Gasteiger partial charge in [0.05, 0.1) is 6.04 Å². The first-order valence-electron chi connectivity index (χ1n) is 6.72. The molecule has 0 rings (SSSR count). The molecule has 0 aliphatic heterocycles. The van der Waals surface area contributed by atoms with Crippen LogP contribution < -0.4 is 10.6 Å². The second-order valence-electron chi connectivity index (χ2n) is 4.70. The van der Waals surface area contributed by atoms with Crippen molar-refractivity contribution in [1.82, 2.24) is 10.6 Å². The molecule has 3 unspecified atom stereocenters. The fourth-order valence-electron chi connectivity index (χ4n) is 1.86. The molecule has 4 heteroatoms. The molecule has 0 aromatic carbocycles. The third-order valence-electron chi connectivity index (χ3n) is 2.96. The number of aliphatic hydroxyl groups is 1. The molecule has 0 radical (unpaired) electrons. The third kappa shape index (κ3) is 7.34. The van der Waals surface area contributed by atoms with Gasteiger partial charge >= 0.3 is 0 Å². The van der Waals surface area contributed by atoms with Crippen molar-refractivity contribution in [3.8, 4) is 0 Å². The predicted molar refractivity (Wildman–Crippen MR) is 70.9 cm³/mol. The monoisotopic (exact) mass is 244 g/mol. The lowest BCUT2D eigenvalue weighted by atomic mass is 10.1. The lowest BCUT2D eigenvalue weighted by Crippen LogP contribution is -2.48. The van der Waals surface area contributed by atoms with Crippen molar-refractivity contribution in [1.29, 1.82) is 0 Å². The van der Waals surface area contributed by atoms with Crippen LogP contribution in [0, 0.1) is 0 Å². The molecule has 17 heavy (non-hydrogen) atoms. The Kier molecular flexibility index (Phi) is 9.09. The molecule has 4 nitrogen and oxygen atoms in total. The van der Waals surface area contributed by atoms with E-state index in [9.17, 15) is 4.79 Å². The summed E-state index contributed by atoms with van der Waals surface area (Å²) in [5.41, 5.74) is 0. The fraction of sp³-hybridized carbons (Fsp3) is 0.923. The Labute approximate surface area is 105 Å². The second-order valence-corrected chi connectivity index (χ2v) is 4.70. The Balaban J connectivity index is 4.02. The minimum absolute atomic E-state index is 0.0438. The van der Waals surface area contributed by atoms with Crippen LogP contribution in [0.3, 0.4) is 0 Å². The number of carbonyl (C=O) groups is 1. The minimum atomic E-state index is -0.203. The summed E-state index contributed by atoms with van der Waals surface area (Å²) in [6.45, 7) is 8.22. The van der Waals surface area contributed by atoms with E-state index in [2.05, 4.69) is 24.5 Å². The van der Waals surface area contributed by atoms with Crippen molar-refractivity contribution in [2.75, 3.05) is 6.61 Å². The lowest BCUT2D eigenvalue weighted by molar-refractivity contribution is -0.123. The first-order chi connectivity index (χ1) is 8.04. The van der Waals surface area contributed by atoms with Crippen LogP contribution in [0.15, 0.2) is 0 Å². The molecule has 0 aliphatic carbocycles. The Hall–Kier alpha value is -0.610. The molecule has 102 valence electrons. The average molecular weight is 244 g/mol. The van der Waals surface area contributed by atoms with E-state index in [0.29, 0.717) is 6.42 Å². The smallest absolute Gasteiger partial charge is 0.237 e. The summed E-state index contributed by atoms with van der Waals surface area (Å²) in [5.74, 6) is 0.0438. The van der Waals surface area contributed by atoms with Crippen LogP contribution in [0.25, 0.3) is 0 Å². The normalized spacial score (nSPS) is 16.3. The lowest BCUT2D eigenvalue weighted by Gasteiger charge is -2.23. The highest BCUT2D eigenvalue weighted by molar-refractivity contribution is 5.81. The maximum Gasteiger partial charge on any atom is 0.237 e. The van der Waals surface area contributed by atoms with E-state index in [1.165, 1.54) is 0 Å². The Morgan fingerprint density at radius 2 is 1.88 bits per heavy atom. The van der Waals surface area contributed by atoms with Gasteiger partial charge in [-0.15, -0.1) is 0 Å². The number of carbonyl (C=O) groups excluding carboxylic acids is 1. The molecule has 0 saturated carbocycles. The van der Waals surface area contributed by atoms with Gasteiger partial charge in [0.1, 0.15) is 0 Å². The number of amides is 1. The third-order valence-corrected chi connectivity index (χ3v) is 2.96. The molecule has 0 saturated heterocycles. The second kappa shape index (κ2) is 9.42. The van der Waals surface area contributed by atoms with Crippen molar-refractivity contribution < 1.29 is 9.90 Å². The maximum absolute atomic E-state index is 11.8. The fourth-order valence-corrected chi connectivity index (χ4v) is 1.86. The summed E-state index contributed by atoms with van der Waals surface area (Å²) in [7, 11) is 0. The molecular weight excluding hydrogens is 216 g/mol. The van der Waals surface area contributed by atoms with Gasteiger partial charge in [0, 0.05) is 18.7 Å². The first kappa shape index (κ1) is 16.4. The highest BCUT2D eigenvalue weighted by Crippen LogP contribution is 2.00. The summed E-state index contributed by atoms with van der Waals surface area (Å²) >= 11 is 0. The first-order valence-corrected chi connectivity index (χ1v) is 6.72. The molecule has 3 atom stereocenters. The van der Waals surface area contributed by atoms with Crippen LogP contribution in [0.4, 0.5) is 0 Å². The molecule has 0 aliphatic rings. The summed E-state index contributed by atoms with van der Waals surface area (Å²) in [6.07, 6.45) is 3.69. The largest absolute Gasteiger partial charge is 0.396 e. The van der Waals surface area contributed by atoms with Gasteiger partial charge in [0.25, 0.3) is 0 Å². The maximum atomic E-state index is 11.8. The highest BCUT2D eigenvalue weighted by Gasteiger charge is 2.17. The van der Waals surface area contributed by atoms with E-state index in [0.717, 1.165) is 19.3 Å². The predicted octanol–water partition coefficient (Wildman–Crippen LogP) is 1.43. The van der Waals surface area contributed by atoms with E-state index in [1.807, 2.05) is 13.8 Å². The number of aliphatic hydroxyl groups excluding tert-OH is 1. The average Bonchev–Trinajstić information content (AvgIpc) is 2.28. The number of rotatable bonds is 9. The molecule has 0 spiro atoms. The van der Waals surface area contributed by atoms with Crippen LogP contribution in [-0.2, 0) is 4.79 Å². The number of hydrogen-bond donors (Lipinski definition) is 3. The Morgan fingerprint density at radius 1 is 1.24 bits per heavy atom. The highest BCUT2D eigenvalue weighted by atomic mass is 16.3. The standard InChI is InChI=1S/C13H28N2O2/c1-5-7-10(3)14-13(17)11(4)15-12(6-2)8-9-16/h10-12,15-16H,5-9H2,1-4H3,(H,14,17). The Bertz CT molecular complexity index is 210. The van der Waals surface area contributed by atoms with Gasteiger partial charge in [-0.2, -0.15) is 0 Å². The van der Waals surface area contributed by atoms with Gasteiger partial charge in [-0.05, 0) is 33.1 Å². The molecule has 0 aromatic rings.